The molecule has 0 radical (unpaired) electrons. The molecular formula is C14H16ClN3O. The number of fused-ring (bicyclic) bond motifs is 1. The molecule has 0 aromatic carbocycles. The van der Waals surface area contributed by atoms with Crippen LogP contribution in [-0.2, 0) is 0 Å². The van der Waals surface area contributed by atoms with E-state index in [0.717, 1.165) is 24.8 Å². The Kier molecular flexibility index (Phi) is 3.19. The van der Waals surface area contributed by atoms with Gasteiger partial charge in [0.25, 0.3) is 5.91 Å². The molecule has 1 saturated carbocycles. The standard InChI is InChI=1S/C14H16ClN3O/c15-7-6-14(4-5-14)10-16-13(19)11-9-17-18-8-2-1-3-12(11)18/h1-3,8-9H,4-7,10H2,(H,16,19). The average molecular weight is 278 g/mol. The smallest absolute Gasteiger partial charge is 0.255 e. The van der Waals surface area contributed by atoms with E-state index >= 15 is 0 Å². The van der Waals surface area contributed by atoms with Crippen LogP contribution in [0.15, 0.2) is 30.6 Å². The monoisotopic (exact) mass is 277 g/mol. The number of carbonyl (C=O) groups excluding carboxylic acids is 1. The maximum Gasteiger partial charge on any atom is 0.255 e. The third-order valence-electron chi connectivity index (χ3n) is 3.88. The second-order valence-corrected chi connectivity index (χ2v) is 5.59. The van der Waals surface area contributed by atoms with Crippen LogP contribution in [0, 0.1) is 5.41 Å². The van der Waals surface area contributed by atoms with E-state index < -0.39 is 0 Å². The number of hydrogen-bond donors (Lipinski definition) is 1. The molecule has 2 aromatic heterocycles. The molecule has 0 bridgehead atoms. The van der Waals surface area contributed by atoms with Crippen molar-refractivity contribution in [1.82, 2.24) is 14.9 Å². The first-order valence-corrected chi connectivity index (χ1v) is 7.04. The first-order valence-electron chi connectivity index (χ1n) is 6.51. The summed E-state index contributed by atoms with van der Waals surface area (Å²) in [6.07, 6.45) is 6.75. The Balaban J connectivity index is 1.71. The van der Waals surface area contributed by atoms with E-state index in [0.29, 0.717) is 18.0 Å². The lowest BCUT2D eigenvalue weighted by molar-refractivity contribution is 0.0946. The van der Waals surface area contributed by atoms with Gasteiger partial charge in [0.2, 0.25) is 0 Å². The molecule has 1 aliphatic rings. The minimum atomic E-state index is -0.0537. The average Bonchev–Trinajstić information content (AvgIpc) is 3.05. The summed E-state index contributed by atoms with van der Waals surface area (Å²) in [5.74, 6) is 0.606. The third kappa shape index (κ3) is 2.45. The van der Waals surface area contributed by atoms with Gasteiger partial charge in [-0.2, -0.15) is 5.10 Å². The molecular weight excluding hydrogens is 262 g/mol. The molecule has 0 spiro atoms. The number of nitrogens with zero attached hydrogens (tertiary/aromatic N) is 2. The van der Waals surface area contributed by atoms with Crippen molar-refractivity contribution in [3.63, 3.8) is 0 Å². The Morgan fingerprint density at radius 1 is 1.47 bits per heavy atom. The Morgan fingerprint density at radius 3 is 3.05 bits per heavy atom. The van der Waals surface area contributed by atoms with Crippen molar-refractivity contribution in [3.05, 3.63) is 36.2 Å². The van der Waals surface area contributed by atoms with Crippen molar-refractivity contribution in [1.29, 1.82) is 0 Å². The van der Waals surface area contributed by atoms with Gasteiger partial charge in [0.15, 0.2) is 0 Å². The predicted molar refractivity (Wildman–Crippen MR) is 74.5 cm³/mol. The maximum absolute atomic E-state index is 12.2. The second kappa shape index (κ2) is 4.85. The molecule has 1 aliphatic carbocycles. The molecule has 2 heterocycles. The van der Waals surface area contributed by atoms with Gasteiger partial charge in [-0.25, -0.2) is 4.52 Å². The maximum atomic E-state index is 12.2. The molecule has 1 fully saturated rings. The summed E-state index contributed by atoms with van der Waals surface area (Å²) >= 11 is 5.79. The van der Waals surface area contributed by atoms with Gasteiger partial charge in [-0.1, -0.05) is 6.07 Å². The van der Waals surface area contributed by atoms with Crippen molar-refractivity contribution in [2.75, 3.05) is 12.4 Å². The largest absolute Gasteiger partial charge is 0.351 e. The zero-order valence-electron chi connectivity index (χ0n) is 10.6. The zero-order chi connectivity index (χ0) is 13.3. The highest BCUT2D eigenvalue weighted by Crippen LogP contribution is 2.48. The van der Waals surface area contributed by atoms with Crippen LogP contribution < -0.4 is 5.32 Å². The van der Waals surface area contributed by atoms with E-state index in [1.807, 2.05) is 24.4 Å². The number of pyridine rings is 1. The van der Waals surface area contributed by atoms with Crippen LogP contribution in [0.1, 0.15) is 29.6 Å². The molecule has 5 heteroatoms. The number of aromatic nitrogens is 2. The molecule has 0 unspecified atom stereocenters. The molecule has 4 nitrogen and oxygen atoms in total. The van der Waals surface area contributed by atoms with E-state index in [4.69, 9.17) is 11.6 Å². The minimum Gasteiger partial charge on any atom is -0.351 e. The summed E-state index contributed by atoms with van der Waals surface area (Å²) < 4.78 is 1.71. The number of alkyl halides is 1. The fraction of sp³-hybridized carbons (Fsp3) is 0.429. The van der Waals surface area contributed by atoms with Crippen LogP contribution in [0.5, 0.6) is 0 Å². The molecule has 19 heavy (non-hydrogen) atoms. The zero-order valence-corrected chi connectivity index (χ0v) is 11.4. The summed E-state index contributed by atoms with van der Waals surface area (Å²) in [6.45, 7) is 0.711. The summed E-state index contributed by atoms with van der Waals surface area (Å²) in [7, 11) is 0. The van der Waals surface area contributed by atoms with Crippen LogP contribution in [-0.4, -0.2) is 27.9 Å². The van der Waals surface area contributed by atoms with Crippen molar-refractivity contribution in [3.8, 4) is 0 Å². The van der Waals surface area contributed by atoms with Gasteiger partial charge in [0.1, 0.15) is 0 Å². The third-order valence-corrected chi connectivity index (χ3v) is 4.07. The number of halogens is 1. The lowest BCUT2D eigenvalue weighted by Gasteiger charge is -2.13. The Hall–Kier alpha value is -1.55. The van der Waals surface area contributed by atoms with Crippen molar-refractivity contribution < 1.29 is 4.79 Å². The Bertz CT molecular complexity index is 604. The number of hydrogen-bond acceptors (Lipinski definition) is 2. The highest BCUT2D eigenvalue weighted by Gasteiger charge is 2.41. The lowest BCUT2D eigenvalue weighted by Crippen LogP contribution is -2.30. The van der Waals surface area contributed by atoms with Crippen LogP contribution in [0.3, 0.4) is 0 Å². The molecule has 1 amide bonds. The number of carbonyl (C=O) groups is 1. The number of rotatable bonds is 5. The normalized spacial score (nSPS) is 16.5. The molecule has 2 aromatic rings. The Morgan fingerprint density at radius 2 is 2.32 bits per heavy atom. The van der Waals surface area contributed by atoms with E-state index in [1.165, 1.54) is 0 Å². The molecule has 100 valence electrons. The highest BCUT2D eigenvalue weighted by molar-refractivity contribution is 6.17. The summed E-state index contributed by atoms with van der Waals surface area (Å²) in [6, 6.07) is 5.69. The topological polar surface area (TPSA) is 46.4 Å². The first-order chi connectivity index (χ1) is 9.24. The van der Waals surface area contributed by atoms with Crippen molar-refractivity contribution >= 4 is 23.0 Å². The van der Waals surface area contributed by atoms with Crippen LogP contribution >= 0.6 is 11.6 Å². The summed E-state index contributed by atoms with van der Waals surface area (Å²) in [5.41, 5.74) is 1.71. The molecule has 0 atom stereocenters. The van der Waals surface area contributed by atoms with Gasteiger partial charge in [-0.05, 0) is 36.8 Å². The number of nitrogens with one attached hydrogen (secondary N) is 1. The van der Waals surface area contributed by atoms with Gasteiger partial charge in [0.05, 0.1) is 17.3 Å². The SMILES string of the molecule is O=C(NCC1(CCCl)CC1)c1cnn2ccccc12. The summed E-state index contributed by atoms with van der Waals surface area (Å²) in [5, 5.41) is 7.18. The second-order valence-electron chi connectivity index (χ2n) is 5.21. The van der Waals surface area contributed by atoms with Gasteiger partial charge in [0, 0.05) is 18.6 Å². The fourth-order valence-electron chi connectivity index (χ4n) is 2.36. The molecule has 0 aliphatic heterocycles. The van der Waals surface area contributed by atoms with Gasteiger partial charge in [-0.15, -0.1) is 11.6 Å². The number of amides is 1. The van der Waals surface area contributed by atoms with Crippen molar-refractivity contribution in [2.24, 2.45) is 5.41 Å². The molecule has 0 saturated heterocycles. The predicted octanol–water partition coefficient (Wildman–Crippen LogP) is 2.47. The highest BCUT2D eigenvalue weighted by atomic mass is 35.5. The quantitative estimate of drug-likeness (QED) is 0.854. The summed E-state index contributed by atoms with van der Waals surface area (Å²) in [4.78, 5) is 12.2. The van der Waals surface area contributed by atoms with Crippen LogP contribution in [0.25, 0.3) is 5.52 Å². The van der Waals surface area contributed by atoms with Crippen molar-refractivity contribution in [2.45, 2.75) is 19.3 Å². The van der Waals surface area contributed by atoms with Gasteiger partial charge >= 0.3 is 0 Å². The van der Waals surface area contributed by atoms with E-state index in [2.05, 4.69) is 10.4 Å². The van der Waals surface area contributed by atoms with E-state index in [-0.39, 0.29) is 11.3 Å². The van der Waals surface area contributed by atoms with E-state index in [1.54, 1.807) is 10.7 Å². The van der Waals surface area contributed by atoms with Crippen LogP contribution in [0.4, 0.5) is 0 Å². The van der Waals surface area contributed by atoms with E-state index in [9.17, 15) is 4.79 Å². The minimum absolute atomic E-state index is 0.0537. The molecule has 1 N–H and O–H groups in total. The van der Waals surface area contributed by atoms with Crippen LogP contribution in [0.2, 0.25) is 0 Å². The fourth-order valence-corrected chi connectivity index (χ4v) is 2.77. The van der Waals surface area contributed by atoms with Gasteiger partial charge < -0.3 is 5.32 Å². The molecule has 3 rings (SSSR count). The van der Waals surface area contributed by atoms with Gasteiger partial charge in [-0.3, -0.25) is 4.79 Å². The Labute approximate surface area is 116 Å². The lowest BCUT2D eigenvalue weighted by atomic mass is 10.0. The first kappa shape index (κ1) is 12.5.